The summed E-state index contributed by atoms with van der Waals surface area (Å²) in [6.45, 7) is 2.25. The van der Waals surface area contributed by atoms with Crippen LogP contribution in [0.4, 0.5) is 0 Å². The van der Waals surface area contributed by atoms with Gasteiger partial charge >= 0.3 is 0 Å². The lowest BCUT2D eigenvalue weighted by molar-refractivity contribution is -0.0764. The van der Waals surface area contributed by atoms with Gasteiger partial charge in [0.25, 0.3) is 0 Å². The zero-order chi connectivity index (χ0) is 22.1. The SMILES string of the molecule is CCOc1ccc(Cc2cn(C3S[C@H](CO)[C@@H](O)[C@H](O)[C@H]3O)c3cccc(Cl)c23)cc1. The third-order valence-corrected chi connectivity index (χ3v) is 7.53. The average Bonchev–Trinajstić information content (AvgIpc) is 3.13. The minimum absolute atomic E-state index is 0.300. The van der Waals surface area contributed by atoms with Crippen molar-refractivity contribution in [2.45, 2.75) is 42.3 Å². The summed E-state index contributed by atoms with van der Waals surface area (Å²) < 4.78 is 7.40. The first-order chi connectivity index (χ1) is 14.9. The number of aromatic nitrogens is 1. The van der Waals surface area contributed by atoms with Crippen molar-refractivity contribution < 1.29 is 25.2 Å². The Labute approximate surface area is 190 Å². The van der Waals surface area contributed by atoms with E-state index in [0.717, 1.165) is 27.8 Å². The molecule has 4 N–H and O–H groups in total. The molecule has 166 valence electrons. The van der Waals surface area contributed by atoms with Gasteiger partial charge in [-0.25, -0.2) is 0 Å². The van der Waals surface area contributed by atoms with Gasteiger partial charge in [0.1, 0.15) is 23.3 Å². The Morgan fingerprint density at radius 2 is 1.77 bits per heavy atom. The van der Waals surface area contributed by atoms with Crippen molar-refractivity contribution in [3.8, 4) is 5.75 Å². The molecule has 1 unspecified atom stereocenters. The van der Waals surface area contributed by atoms with Crippen molar-refractivity contribution in [1.82, 2.24) is 4.57 Å². The average molecular weight is 464 g/mol. The summed E-state index contributed by atoms with van der Waals surface area (Å²) in [5, 5.41) is 41.1. The van der Waals surface area contributed by atoms with Gasteiger partial charge in [0.15, 0.2) is 0 Å². The van der Waals surface area contributed by atoms with Gasteiger partial charge in [-0.3, -0.25) is 0 Å². The smallest absolute Gasteiger partial charge is 0.119 e. The molecule has 31 heavy (non-hydrogen) atoms. The number of nitrogens with zero attached hydrogens (tertiary/aromatic N) is 1. The van der Waals surface area contributed by atoms with Crippen molar-refractivity contribution in [1.29, 1.82) is 0 Å². The highest BCUT2D eigenvalue weighted by Gasteiger charge is 2.44. The topological polar surface area (TPSA) is 95.1 Å². The second kappa shape index (κ2) is 9.40. The third kappa shape index (κ3) is 4.31. The molecule has 2 aromatic carbocycles. The van der Waals surface area contributed by atoms with E-state index in [1.165, 1.54) is 11.8 Å². The highest BCUT2D eigenvalue weighted by atomic mass is 35.5. The van der Waals surface area contributed by atoms with E-state index < -0.39 is 28.9 Å². The van der Waals surface area contributed by atoms with E-state index in [1.807, 2.05) is 60.2 Å². The number of hydrogen-bond acceptors (Lipinski definition) is 6. The summed E-state index contributed by atoms with van der Waals surface area (Å²) in [4.78, 5) is 0. The van der Waals surface area contributed by atoms with Gasteiger partial charge in [-0.1, -0.05) is 29.8 Å². The van der Waals surface area contributed by atoms with E-state index in [0.29, 0.717) is 18.1 Å². The van der Waals surface area contributed by atoms with E-state index in [9.17, 15) is 20.4 Å². The number of fused-ring (bicyclic) bond motifs is 1. The number of benzene rings is 2. The molecule has 3 aromatic rings. The third-order valence-electron chi connectivity index (χ3n) is 5.66. The predicted octanol–water partition coefficient (Wildman–Crippen LogP) is 2.97. The van der Waals surface area contributed by atoms with Gasteiger partial charge in [0.2, 0.25) is 0 Å². The highest BCUT2D eigenvalue weighted by Crippen LogP contribution is 2.43. The Balaban J connectivity index is 1.73. The predicted molar refractivity (Wildman–Crippen MR) is 123 cm³/mol. The Morgan fingerprint density at radius 1 is 1.03 bits per heavy atom. The van der Waals surface area contributed by atoms with E-state index in [4.69, 9.17) is 16.3 Å². The molecule has 1 fully saturated rings. The van der Waals surface area contributed by atoms with Crippen LogP contribution in [0.5, 0.6) is 5.75 Å². The lowest BCUT2D eigenvalue weighted by atomic mass is 10.0. The number of aliphatic hydroxyl groups excluding tert-OH is 4. The van der Waals surface area contributed by atoms with Crippen molar-refractivity contribution in [3.05, 3.63) is 64.8 Å². The summed E-state index contributed by atoms with van der Waals surface area (Å²) >= 11 is 7.80. The molecule has 1 aromatic heterocycles. The molecule has 6 nitrogen and oxygen atoms in total. The van der Waals surface area contributed by atoms with E-state index in [1.54, 1.807) is 0 Å². The zero-order valence-electron chi connectivity index (χ0n) is 17.1. The lowest BCUT2D eigenvalue weighted by Crippen LogP contribution is -2.52. The Bertz CT molecular complexity index is 1040. The summed E-state index contributed by atoms with van der Waals surface area (Å²) in [6, 6.07) is 13.5. The van der Waals surface area contributed by atoms with Crippen LogP contribution in [0.15, 0.2) is 48.7 Å². The molecular formula is C23H26ClNO5S. The molecule has 0 amide bonds. The van der Waals surface area contributed by atoms with Gasteiger partial charge in [-0.2, -0.15) is 0 Å². The quantitative estimate of drug-likeness (QED) is 0.449. The molecule has 0 aliphatic carbocycles. The second-order valence-corrected chi connectivity index (χ2v) is 9.44. The Kier molecular flexibility index (Phi) is 6.81. The summed E-state index contributed by atoms with van der Waals surface area (Å²) in [5.74, 6) is 0.816. The fourth-order valence-corrected chi connectivity index (χ4v) is 5.78. The number of hydrogen-bond donors (Lipinski definition) is 4. The molecule has 0 spiro atoms. The zero-order valence-corrected chi connectivity index (χ0v) is 18.6. The molecule has 0 saturated carbocycles. The van der Waals surface area contributed by atoms with Crippen LogP contribution >= 0.6 is 23.4 Å². The summed E-state index contributed by atoms with van der Waals surface area (Å²) in [7, 11) is 0. The molecule has 1 saturated heterocycles. The monoisotopic (exact) mass is 463 g/mol. The van der Waals surface area contributed by atoms with E-state index in [-0.39, 0.29) is 6.61 Å². The summed E-state index contributed by atoms with van der Waals surface area (Å²) in [6.07, 6.45) is -1.19. The molecular weight excluding hydrogens is 438 g/mol. The molecule has 0 bridgehead atoms. The van der Waals surface area contributed by atoms with Crippen molar-refractivity contribution in [2.75, 3.05) is 13.2 Å². The van der Waals surface area contributed by atoms with Crippen LogP contribution in [0.2, 0.25) is 5.02 Å². The van der Waals surface area contributed by atoms with Gasteiger partial charge in [-0.05, 0) is 48.7 Å². The molecule has 1 aliphatic rings. The minimum Gasteiger partial charge on any atom is -0.494 e. The minimum atomic E-state index is -1.35. The van der Waals surface area contributed by atoms with Crippen LogP contribution in [0, 0.1) is 0 Å². The van der Waals surface area contributed by atoms with Crippen molar-refractivity contribution in [3.63, 3.8) is 0 Å². The molecule has 4 rings (SSSR count). The number of rotatable bonds is 6. The maximum absolute atomic E-state index is 10.7. The van der Waals surface area contributed by atoms with Crippen LogP contribution in [-0.2, 0) is 6.42 Å². The molecule has 8 heteroatoms. The first-order valence-corrected chi connectivity index (χ1v) is 11.6. The number of thioether (sulfide) groups is 1. The molecule has 0 radical (unpaired) electrons. The normalized spacial score (nSPS) is 26.3. The van der Waals surface area contributed by atoms with Gasteiger partial charge in [0.05, 0.1) is 35.1 Å². The fourth-order valence-electron chi connectivity index (χ4n) is 4.09. The van der Waals surface area contributed by atoms with Gasteiger partial charge in [0, 0.05) is 11.6 Å². The largest absolute Gasteiger partial charge is 0.494 e. The second-order valence-electron chi connectivity index (χ2n) is 7.67. The van der Waals surface area contributed by atoms with Crippen molar-refractivity contribution in [2.24, 2.45) is 0 Å². The van der Waals surface area contributed by atoms with Crippen molar-refractivity contribution >= 4 is 34.3 Å². The number of ether oxygens (including phenoxy) is 1. The van der Waals surface area contributed by atoms with Crippen LogP contribution in [0.3, 0.4) is 0 Å². The highest BCUT2D eigenvalue weighted by molar-refractivity contribution is 8.00. The fraction of sp³-hybridized carbons (Fsp3) is 0.391. The Hall–Kier alpha value is -1.74. The molecule has 1 aliphatic heterocycles. The van der Waals surface area contributed by atoms with E-state index in [2.05, 4.69) is 0 Å². The maximum Gasteiger partial charge on any atom is 0.119 e. The van der Waals surface area contributed by atoms with Crippen LogP contribution < -0.4 is 4.74 Å². The van der Waals surface area contributed by atoms with Crippen LogP contribution in [0.1, 0.15) is 23.4 Å². The van der Waals surface area contributed by atoms with Crippen LogP contribution in [-0.4, -0.2) is 61.8 Å². The first-order valence-electron chi connectivity index (χ1n) is 10.2. The van der Waals surface area contributed by atoms with E-state index >= 15 is 0 Å². The Morgan fingerprint density at radius 3 is 2.45 bits per heavy atom. The standard InChI is InChI=1S/C23H26ClNO5S/c1-2-30-15-8-6-13(7-9-15)10-14-11-25(17-5-3-4-16(24)19(14)17)23-22(29)21(28)20(27)18(12-26)31-23/h3-9,11,18,20-23,26-29H,2,10,12H2,1H3/t18-,20-,21+,22-,23?/m1/s1. The maximum atomic E-state index is 10.7. The molecule has 2 heterocycles. The number of aliphatic hydroxyl groups is 4. The van der Waals surface area contributed by atoms with Gasteiger partial charge in [-0.15, -0.1) is 11.8 Å². The summed E-state index contributed by atoms with van der Waals surface area (Å²) in [5.41, 5.74) is 2.90. The van der Waals surface area contributed by atoms with Crippen LogP contribution in [0.25, 0.3) is 10.9 Å². The number of halogens is 1. The first kappa shape index (κ1) is 22.5. The van der Waals surface area contributed by atoms with Gasteiger partial charge < -0.3 is 29.7 Å². The lowest BCUT2D eigenvalue weighted by Gasteiger charge is -2.40. The molecule has 5 atom stereocenters.